The van der Waals surface area contributed by atoms with E-state index in [2.05, 4.69) is 27.1 Å². The summed E-state index contributed by atoms with van der Waals surface area (Å²) in [6, 6.07) is 12.7. The Morgan fingerprint density at radius 1 is 1.28 bits per heavy atom. The van der Waals surface area contributed by atoms with Crippen molar-refractivity contribution in [3.63, 3.8) is 0 Å². The number of benzene rings is 2. The number of nitriles is 1. The fourth-order valence-corrected chi connectivity index (χ4v) is 3.05. The number of fused-ring (bicyclic) bond motifs is 1. The summed E-state index contributed by atoms with van der Waals surface area (Å²) in [5.74, 6) is 0. The SMILES string of the molecule is CC(C)(C#N)c1ccc2c(=O)n(-c3cccc(Br)c3C=O)ncc2c1. The van der Waals surface area contributed by atoms with Gasteiger partial charge in [0.15, 0.2) is 6.29 Å². The van der Waals surface area contributed by atoms with Gasteiger partial charge in [0.25, 0.3) is 5.56 Å². The van der Waals surface area contributed by atoms with E-state index in [1.54, 1.807) is 42.6 Å². The first-order valence-corrected chi connectivity index (χ1v) is 8.36. The summed E-state index contributed by atoms with van der Waals surface area (Å²) in [4.78, 5) is 24.2. The zero-order valence-corrected chi connectivity index (χ0v) is 15.2. The molecule has 0 fully saturated rings. The van der Waals surface area contributed by atoms with Crippen LogP contribution in [0.15, 0.2) is 51.9 Å². The number of aromatic nitrogens is 2. The first-order chi connectivity index (χ1) is 11.9. The standard InChI is InChI=1S/C19H14BrN3O2/c1-19(2,11-21)13-6-7-14-12(8-13)9-22-23(18(14)25)17-5-3-4-16(20)15(17)10-24/h3-10H,1-2H3. The Hall–Kier alpha value is -2.78. The van der Waals surface area contributed by atoms with Gasteiger partial charge in [-0.2, -0.15) is 15.0 Å². The Labute approximate surface area is 152 Å². The van der Waals surface area contributed by atoms with E-state index >= 15 is 0 Å². The van der Waals surface area contributed by atoms with E-state index in [0.29, 0.717) is 32.8 Å². The van der Waals surface area contributed by atoms with Crippen molar-refractivity contribution in [3.05, 3.63) is 68.5 Å². The quantitative estimate of drug-likeness (QED) is 0.632. The summed E-state index contributed by atoms with van der Waals surface area (Å²) in [5.41, 5.74) is 0.617. The van der Waals surface area contributed by atoms with Gasteiger partial charge in [-0.3, -0.25) is 9.59 Å². The second-order valence-electron chi connectivity index (χ2n) is 6.19. The molecule has 0 radical (unpaired) electrons. The maximum absolute atomic E-state index is 12.8. The maximum Gasteiger partial charge on any atom is 0.279 e. The molecule has 0 aliphatic carbocycles. The molecule has 0 aliphatic rings. The molecule has 0 amide bonds. The van der Waals surface area contributed by atoms with Gasteiger partial charge in [0.2, 0.25) is 0 Å². The molecule has 5 nitrogen and oxygen atoms in total. The molecule has 1 aromatic heterocycles. The number of rotatable bonds is 3. The van der Waals surface area contributed by atoms with Gasteiger partial charge in [-0.25, -0.2) is 0 Å². The lowest BCUT2D eigenvalue weighted by Gasteiger charge is -2.16. The van der Waals surface area contributed by atoms with Crippen LogP contribution in [-0.2, 0) is 5.41 Å². The predicted molar refractivity (Wildman–Crippen MR) is 99.1 cm³/mol. The molecular formula is C19H14BrN3O2. The van der Waals surface area contributed by atoms with Crippen molar-refractivity contribution in [2.45, 2.75) is 19.3 Å². The molecular weight excluding hydrogens is 382 g/mol. The highest BCUT2D eigenvalue weighted by atomic mass is 79.9. The molecule has 124 valence electrons. The lowest BCUT2D eigenvalue weighted by Crippen LogP contribution is -2.22. The zero-order valence-electron chi connectivity index (χ0n) is 13.7. The minimum atomic E-state index is -0.655. The number of nitrogens with zero attached hydrogens (tertiary/aromatic N) is 3. The van der Waals surface area contributed by atoms with Gasteiger partial charge >= 0.3 is 0 Å². The molecule has 1 heterocycles. The molecule has 3 rings (SSSR count). The topological polar surface area (TPSA) is 75.8 Å². The van der Waals surface area contributed by atoms with E-state index in [4.69, 9.17) is 0 Å². The van der Waals surface area contributed by atoms with Gasteiger partial charge in [-0.1, -0.05) is 12.1 Å². The molecule has 0 atom stereocenters. The van der Waals surface area contributed by atoms with Crippen LogP contribution in [-0.4, -0.2) is 16.1 Å². The second kappa shape index (κ2) is 6.26. The largest absolute Gasteiger partial charge is 0.298 e. The number of hydrogen-bond donors (Lipinski definition) is 0. The number of carbonyl (C=O) groups excluding carboxylic acids is 1. The van der Waals surface area contributed by atoms with Gasteiger partial charge in [-0.15, -0.1) is 0 Å². The van der Waals surface area contributed by atoms with Crippen molar-refractivity contribution >= 4 is 33.0 Å². The third-order valence-electron chi connectivity index (χ3n) is 4.16. The van der Waals surface area contributed by atoms with Crippen molar-refractivity contribution in [1.82, 2.24) is 9.78 Å². The number of hydrogen-bond acceptors (Lipinski definition) is 4. The van der Waals surface area contributed by atoms with Crippen LogP contribution in [0.2, 0.25) is 0 Å². The fourth-order valence-electron chi connectivity index (χ4n) is 2.60. The summed E-state index contributed by atoms with van der Waals surface area (Å²) in [6.45, 7) is 3.64. The number of aldehydes is 1. The Balaban J connectivity index is 2.25. The zero-order chi connectivity index (χ0) is 18.2. The van der Waals surface area contributed by atoms with Crippen molar-refractivity contribution in [2.75, 3.05) is 0 Å². The second-order valence-corrected chi connectivity index (χ2v) is 7.05. The molecule has 3 aromatic rings. The van der Waals surface area contributed by atoms with Crippen LogP contribution in [0, 0.1) is 11.3 Å². The van der Waals surface area contributed by atoms with E-state index in [1.165, 1.54) is 4.68 Å². The third kappa shape index (κ3) is 2.87. The first-order valence-electron chi connectivity index (χ1n) is 7.57. The van der Waals surface area contributed by atoms with Crippen LogP contribution in [0.4, 0.5) is 0 Å². The lowest BCUT2D eigenvalue weighted by molar-refractivity contribution is 0.112. The summed E-state index contributed by atoms with van der Waals surface area (Å²) in [6.07, 6.45) is 2.26. The molecule has 0 aliphatic heterocycles. The molecule has 0 N–H and O–H groups in total. The summed E-state index contributed by atoms with van der Waals surface area (Å²) in [5, 5.41) is 14.6. The highest BCUT2D eigenvalue weighted by molar-refractivity contribution is 9.10. The molecule has 0 saturated carbocycles. The van der Waals surface area contributed by atoms with E-state index in [1.807, 2.05) is 13.8 Å². The smallest absolute Gasteiger partial charge is 0.279 e. The van der Waals surface area contributed by atoms with Crippen LogP contribution in [0.5, 0.6) is 0 Å². The highest BCUT2D eigenvalue weighted by Crippen LogP contribution is 2.25. The Bertz CT molecular complexity index is 1090. The fraction of sp³-hybridized carbons (Fsp3) is 0.158. The molecule has 0 spiro atoms. The number of halogens is 1. The Morgan fingerprint density at radius 3 is 2.72 bits per heavy atom. The average molecular weight is 396 g/mol. The first kappa shape index (κ1) is 17.1. The summed E-state index contributed by atoms with van der Waals surface area (Å²) in [7, 11) is 0. The van der Waals surface area contributed by atoms with Crippen molar-refractivity contribution in [1.29, 1.82) is 5.26 Å². The van der Waals surface area contributed by atoms with Crippen molar-refractivity contribution in [3.8, 4) is 11.8 Å². The third-order valence-corrected chi connectivity index (χ3v) is 4.86. The molecule has 0 saturated heterocycles. The van der Waals surface area contributed by atoms with E-state index in [0.717, 1.165) is 5.56 Å². The van der Waals surface area contributed by atoms with Crippen molar-refractivity contribution in [2.24, 2.45) is 0 Å². The minimum absolute atomic E-state index is 0.319. The average Bonchev–Trinajstić information content (AvgIpc) is 2.61. The van der Waals surface area contributed by atoms with Gasteiger partial charge in [0, 0.05) is 9.86 Å². The van der Waals surface area contributed by atoms with Gasteiger partial charge in [0.1, 0.15) is 0 Å². The molecule has 2 aromatic carbocycles. The van der Waals surface area contributed by atoms with E-state index in [9.17, 15) is 14.9 Å². The van der Waals surface area contributed by atoms with Gasteiger partial charge < -0.3 is 0 Å². The minimum Gasteiger partial charge on any atom is -0.298 e. The molecule has 0 unspecified atom stereocenters. The van der Waals surface area contributed by atoms with E-state index < -0.39 is 5.41 Å². The monoisotopic (exact) mass is 395 g/mol. The lowest BCUT2D eigenvalue weighted by atomic mass is 9.85. The van der Waals surface area contributed by atoms with Crippen LogP contribution in [0.1, 0.15) is 29.8 Å². The maximum atomic E-state index is 12.8. The number of carbonyl (C=O) groups is 1. The van der Waals surface area contributed by atoms with Crippen LogP contribution in [0.3, 0.4) is 0 Å². The van der Waals surface area contributed by atoms with Gasteiger partial charge in [0.05, 0.1) is 34.3 Å². The summed E-state index contributed by atoms with van der Waals surface area (Å²) >= 11 is 3.31. The van der Waals surface area contributed by atoms with E-state index in [-0.39, 0.29) is 5.56 Å². The van der Waals surface area contributed by atoms with Crippen LogP contribution < -0.4 is 5.56 Å². The highest BCUT2D eigenvalue weighted by Gasteiger charge is 2.20. The van der Waals surface area contributed by atoms with Gasteiger partial charge in [-0.05, 0) is 59.6 Å². The molecule has 25 heavy (non-hydrogen) atoms. The van der Waals surface area contributed by atoms with Crippen molar-refractivity contribution < 1.29 is 4.79 Å². The van der Waals surface area contributed by atoms with Crippen LogP contribution >= 0.6 is 15.9 Å². The predicted octanol–water partition coefficient (Wildman–Crippen LogP) is 3.76. The molecule has 6 heteroatoms. The van der Waals surface area contributed by atoms with Crippen LogP contribution in [0.25, 0.3) is 16.5 Å². The Kier molecular flexibility index (Phi) is 4.27. The summed E-state index contributed by atoms with van der Waals surface area (Å²) < 4.78 is 1.81. The Morgan fingerprint density at radius 2 is 2.04 bits per heavy atom. The normalized spacial score (nSPS) is 11.3. The molecule has 0 bridgehead atoms.